The van der Waals surface area contributed by atoms with E-state index in [0.29, 0.717) is 0 Å². The molecule has 0 bridgehead atoms. The van der Waals surface area contributed by atoms with Crippen LogP contribution in [0.2, 0.25) is 0 Å². The van der Waals surface area contributed by atoms with Gasteiger partial charge in [-0.15, -0.1) is 13.2 Å². The molecule has 0 saturated carbocycles. The molecular formula is C10H18O. The molecule has 0 aliphatic heterocycles. The van der Waals surface area contributed by atoms with Gasteiger partial charge in [-0.05, 0) is 26.7 Å². The van der Waals surface area contributed by atoms with E-state index in [1.165, 1.54) is 0 Å². The first kappa shape index (κ1) is 10.4. The van der Waals surface area contributed by atoms with Crippen molar-refractivity contribution in [2.45, 2.75) is 38.9 Å². The lowest BCUT2D eigenvalue weighted by atomic mass is 10.2. The van der Waals surface area contributed by atoms with Crippen molar-refractivity contribution in [2.75, 3.05) is 0 Å². The Kier molecular flexibility index (Phi) is 5.86. The van der Waals surface area contributed by atoms with Gasteiger partial charge in [-0.25, -0.2) is 0 Å². The zero-order valence-corrected chi connectivity index (χ0v) is 7.55. The van der Waals surface area contributed by atoms with E-state index in [1.807, 2.05) is 12.2 Å². The fraction of sp³-hybridized carbons (Fsp3) is 0.600. The highest BCUT2D eigenvalue weighted by molar-refractivity contribution is 4.74. The Hall–Kier alpha value is -0.560. The van der Waals surface area contributed by atoms with Crippen molar-refractivity contribution in [1.29, 1.82) is 0 Å². The predicted octanol–water partition coefficient (Wildman–Crippen LogP) is 2.93. The van der Waals surface area contributed by atoms with E-state index in [9.17, 15) is 0 Å². The third-order valence-electron chi connectivity index (χ3n) is 1.46. The van der Waals surface area contributed by atoms with Crippen LogP contribution in [0.15, 0.2) is 25.3 Å². The highest BCUT2D eigenvalue weighted by Gasteiger charge is 2.04. The van der Waals surface area contributed by atoms with Crippen LogP contribution in [0.5, 0.6) is 0 Å². The summed E-state index contributed by atoms with van der Waals surface area (Å²) in [6, 6.07) is 0. The van der Waals surface area contributed by atoms with E-state index in [0.717, 1.165) is 12.8 Å². The fourth-order valence-electron chi connectivity index (χ4n) is 0.977. The van der Waals surface area contributed by atoms with Gasteiger partial charge in [0, 0.05) is 0 Å². The maximum absolute atomic E-state index is 5.59. The average Bonchev–Trinajstić information content (AvgIpc) is 1.87. The van der Waals surface area contributed by atoms with E-state index in [1.54, 1.807) is 0 Å². The van der Waals surface area contributed by atoms with E-state index in [-0.39, 0.29) is 12.2 Å². The molecular weight excluding hydrogens is 136 g/mol. The lowest BCUT2D eigenvalue weighted by Crippen LogP contribution is -2.15. The molecule has 0 unspecified atom stereocenters. The molecule has 0 N–H and O–H groups in total. The zero-order chi connectivity index (χ0) is 8.69. The number of rotatable bonds is 6. The minimum Gasteiger partial charge on any atom is -0.375 e. The van der Waals surface area contributed by atoms with Crippen molar-refractivity contribution < 1.29 is 4.74 Å². The van der Waals surface area contributed by atoms with E-state index < -0.39 is 0 Å². The molecule has 1 heteroatoms. The Morgan fingerprint density at radius 2 is 1.45 bits per heavy atom. The Balaban J connectivity index is 3.46. The van der Waals surface area contributed by atoms with Gasteiger partial charge in [-0.1, -0.05) is 12.2 Å². The Labute approximate surface area is 69.8 Å². The molecule has 0 amide bonds. The lowest BCUT2D eigenvalue weighted by molar-refractivity contribution is 0.0123. The van der Waals surface area contributed by atoms with Gasteiger partial charge in [-0.2, -0.15) is 0 Å². The van der Waals surface area contributed by atoms with Crippen molar-refractivity contribution in [3.8, 4) is 0 Å². The van der Waals surface area contributed by atoms with Crippen LogP contribution in [-0.4, -0.2) is 12.2 Å². The smallest absolute Gasteiger partial charge is 0.0585 e. The molecule has 0 aromatic carbocycles. The van der Waals surface area contributed by atoms with Gasteiger partial charge in [-0.3, -0.25) is 0 Å². The molecule has 1 nitrogen and oxygen atoms in total. The van der Waals surface area contributed by atoms with Gasteiger partial charge in [0.15, 0.2) is 0 Å². The third-order valence-corrected chi connectivity index (χ3v) is 1.46. The van der Waals surface area contributed by atoms with E-state index >= 15 is 0 Å². The quantitative estimate of drug-likeness (QED) is 0.534. The predicted molar refractivity (Wildman–Crippen MR) is 49.6 cm³/mol. The summed E-state index contributed by atoms with van der Waals surface area (Å²) in [7, 11) is 0. The van der Waals surface area contributed by atoms with Crippen LogP contribution in [0.3, 0.4) is 0 Å². The summed E-state index contributed by atoms with van der Waals surface area (Å²) < 4.78 is 5.59. The first-order chi connectivity index (χ1) is 5.20. The van der Waals surface area contributed by atoms with Crippen molar-refractivity contribution in [2.24, 2.45) is 0 Å². The normalized spacial score (nSPS) is 15.5. The van der Waals surface area contributed by atoms with E-state index in [2.05, 4.69) is 27.0 Å². The van der Waals surface area contributed by atoms with E-state index in [4.69, 9.17) is 4.74 Å². The van der Waals surface area contributed by atoms with Crippen molar-refractivity contribution in [1.82, 2.24) is 0 Å². The second kappa shape index (κ2) is 6.17. The summed E-state index contributed by atoms with van der Waals surface area (Å²) in [5, 5.41) is 0. The standard InChI is InChI=1S/C10H18O/c1-5-7-9(3)11-10(4)8-6-2/h5-6,9-10H,1-2,7-8H2,3-4H3/t9-,10-/m1/s1. The largest absolute Gasteiger partial charge is 0.375 e. The van der Waals surface area contributed by atoms with Crippen LogP contribution in [0, 0.1) is 0 Å². The molecule has 0 fully saturated rings. The zero-order valence-electron chi connectivity index (χ0n) is 7.55. The molecule has 64 valence electrons. The number of hydrogen-bond acceptors (Lipinski definition) is 1. The maximum Gasteiger partial charge on any atom is 0.0585 e. The topological polar surface area (TPSA) is 9.23 Å². The van der Waals surface area contributed by atoms with Crippen molar-refractivity contribution >= 4 is 0 Å². The number of ether oxygens (including phenoxy) is 1. The summed E-state index contributed by atoms with van der Waals surface area (Å²) in [5.41, 5.74) is 0. The molecule has 0 saturated heterocycles. The second-order valence-corrected chi connectivity index (χ2v) is 2.81. The van der Waals surface area contributed by atoms with Crippen LogP contribution in [0.4, 0.5) is 0 Å². The molecule has 0 aromatic rings. The monoisotopic (exact) mass is 154 g/mol. The van der Waals surface area contributed by atoms with Gasteiger partial charge < -0.3 is 4.74 Å². The molecule has 0 spiro atoms. The summed E-state index contributed by atoms with van der Waals surface area (Å²) in [6.07, 6.45) is 6.16. The van der Waals surface area contributed by atoms with Crippen LogP contribution in [-0.2, 0) is 4.74 Å². The summed E-state index contributed by atoms with van der Waals surface area (Å²) in [6.45, 7) is 11.4. The van der Waals surface area contributed by atoms with Gasteiger partial charge in [0.2, 0.25) is 0 Å². The molecule has 0 rings (SSSR count). The van der Waals surface area contributed by atoms with Gasteiger partial charge in [0.25, 0.3) is 0 Å². The van der Waals surface area contributed by atoms with Crippen LogP contribution < -0.4 is 0 Å². The van der Waals surface area contributed by atoms with Gasteiger partial charge in [0.1, 0.15) is 0 Å². The second-order valence-electron chi connectivity index (χ2n) is 2.81. The summed E-state index contributed by atoms with van der Waals surface area (Å²) >= 11 is 0. The minimum atomic E-state index is 0.280. The fourth-order valence-corrected chi connectivity index (χ4v) is 0.977. The average molecular weight is 154 g/mol. The molecule has 0 heterocycles. The Morgan fingerprint density at radius 1 is 1.09 bits per heavy atom. The first-order valence-electron chi connectivity index (χ1n) is 4.08. The molecule has 0 aromatic heterocycles. The van der Waals surface area contributed by atoms with Gasteiger partial charge >= 0.3 is 0 Å². The Bertz CT molecular complexity index is 104. The molecule has 0 radical (unpaired) electrons. The number of hydrogen-bond donors (Lipinski definition) is 0. The lowest BCUT2D eigenvalue weighted by Gasteiger charge is -2.16. The molecule has 0 aliphatic carbocycles. The highest BCUT2D eigenvalue weighted by Crippen LogP contribution is 2.05. The first-order valence-corrected chi connectivity index (χ1v) is 4.08. The third kappa shape index (κ3) is 5.86. The summed E-state index contributed by atoms with van der Waals surface area (Å²) in [5.74, 6) is 0. The van der Waals surface area contributed by atoms with Gasteiger partial charge in [0.05, 0.1) is 12.2 Å². The summed E-state index contributed by atoms with van der Waals surface area (Å²) in [4.78, 5) is 0. The molecule has 2 atom stereocenters. The maximum atomic E-state index is 5.59. The van der Waals surface area contributed by atoms with Crippen LogP contribution >= 0.6 is 0 Å². The molecule has 0 aliphatic rings. The van der Waals surface area contributed by atoms with Crippen molar-refractivity contribution in [3.63, 3.8) is 0 Å². The van der Waals surface area contributed by atoms with Crippen LogP contribution in [0.1, 0.15) is 26.7 Å². The minimum absolute atomic E-state index is 0.280. The highest BCUT2D eigenvalue weighted by atomic mass is 16.5. The molecule has 11 heavy (non-hydrogen) atoms. The SMILES string of the molecule is C=CC[C@@H](C)O[C@H](C)CC=C. The Morgan fingerprint density at radius 3 is 1.73 bits per heavy atom. The van der Waals surface area contributed by atoms with Crippen LogP contribution in [0.25, 0.3) is 0 Å². The van der Waals surface area contributed by atoms with Crippen molar-refractivity contribution in [3.05, 3.63) is 25.3 Å².